The van der Waals surface area contributed by atoms with Gasteiger partial charge in [-0.3, -0.25) is 9.59 Å². The minimum Gasteiger partial charge on any atom is -0.381 e. The molecule has 142 valence electrons. The zero-order chi connectivity index (χ0) is 18.5. The molecule has 2 amide bonds. The zero-order valence-electron chi connectivity index (χ0n) is 15.7. The van der Waals surface area contributed by atoms with E-state index in [2.05, 4.69) is 36.6 Å². The van der Waals surface area contributed by atoms with Gasteiger partial charge in [0.15, 0.2) is 0 Å². The topological polar surface area (TPSA) is 70.7 Å². The van der Waals surface area contributed by atoms with Crippen molar-refractivity contribution in [1.29, 1.82) is 0 Å². The van der Waals surface area contributed by atoms with Gasteiger partial charge in [0, 0.05) is 45.2 Å². The number of nitrogens with one attached hydrogen (secondary N) is 2. The van der Waals surface area contributed by atoms with E-state index in [0.29, 0.717) is 39.3 Å². The zero-order valence-corrected chi connectivity index (χ0v) is 15.7. The van der Waals surface area contributed by atoms with Crippen LogP contribution < -0.4 is 10.6 Å². The van der Waals surface area contributed by atoms with Crippen molar-refractivity contribution in [2.75, 3.05) is 32.8 Å². The van der Waals surface area contributed by atoms with Crippen molar-refractivity contribution in [2.45, 2.75) is 39.3 Å². The minimum absolute atomic E-state index is 0.00708. The molecular weight excluding hydrogens is 330 g/mol. The van der Waals surface area contributed by atoms with Gasteiger partial charge in [0.2, 0.25) is 11.8 Å². The highest BCUT2D eigenvalue weighted by molar-refractivity contribution is 5.80. The number of benzene rings is 1. The molecule has 2 N–H and O–H groups in total. The Hall–Kier alpha value is -1.92. The number of aryl methyl sites for hydroxylation is 2. The van der Waals surface area contributed by atoms with Crippen molar-refractivity contribution in [3.8, 4) is 0 Å². The smallest absolute Gasteiger partial charge is 0.228 e. The number of rotatable bonds is 5. The molecule has 0 aliphatic carbocycles. The van der Waals surface area contributed by atoms with Crippen molar-refractivity contribution >= 4 is 11.8 Å². The first-order valence-corrected chi connectivity index (χ1v) is 9.45. The van der Waals surface area contributed by atoms with Gasteiger partial charge < -0.3 is 20.3 Å². The Kier molecular flexibility index (Phi) is 6.27. The number of hydrogen-bond acceptors (Lipinski definition) is 4. The Morgan fingerprint density at radius 2 is 2.15 bits per heavy atom. The molecule has 0 spiro atoms. The Balaban J connectivity index is 1.46. The van der Waals surface area contributed by atoms with E-state index in [-0.39, 0.29) is 23.8 Å². The predicted octanol–water partition coefficient (Wildman–Crippen LogP) is 1.15. The second-order valence-electron chi connectivity index (χ2n) is 7.40. The summed E-state index contributed by atoms with van der Waals surface area (Å²) in [6.07, 6.45) is 1.19. The summed E-state index contributed by atoms with van der Waals surface area (Å²) in [6, 6.07) is 6.24. The molecule has 2 saturated heterocycles. The van der Waals surface area contributed by atoms with Crippen LogP contribution in [0.3, 0.4) is 0 Å². The Bertz CT molecular complexity index is 656. The normalized spacial score (nSPS) is 23.1. The summed E-state index contributed by atoms with van der Waals surface area (Å²) in [7, 11) is 0. The number of amides is 2. The van der Waals surface area contributed by atoms with Gasteiger partial charge in [0.05, 0.1) is 12.5 Å². The molecule has 2 atom stereocenters. The van der Waals surface area contributed by atoms with Crippen LogP contribution in [0.1, 0.15) is 29.5 Å². The summed E-state index contributed by atoms with van der Waals surface area (Å²) in [5.41, 5.74) is 3.59. The maximum atomic E-state index is 12.5. The standard InChI is InChI=1S/C20H29N3O3/c1-14-3-4-16(9-15(14)2)11-22-19(24)10-18-12-23(7-6-21-18)20(25)17-5-8-26-13-17/h3-4,9,17-18,21H,5-8,10-13H2,1-2H3,(H,22,24). The van der Waals surface area contributed by atoms with Gasteiger partial charge in [0.1, 0.15) is 0 Å². The van der Waals surface area contributed by atoms with Crippen LogP contribution in [0.25, 0.3) is 0 Å². The summed E-state index contributed by atoms with van der Waals surface area (Å²) in [6.45, 7) is 7.92. The molecule has 2 unspecified atom stereocenters. The number of hydrogen-bond donors (Lipinski definition) is 2. The Morgan fingerprint density at radius 1 is 1.31 bits per heavy atom. The van der Waals surface area contributed by atoms with Crippen LogP contribution in [-0.2, 0) is 20.9 Å². The molecule has 6 nitrogen and oxygen atoms in total. The molecule has 0 bridgehead atoms. The summed E-state index contributed by atoms with van der Waals surface area (Å²) in [5, 5.41) is 6.34. The fraction of sp³-hybridized carbons (Fsp3) is 0.600. The fourth-order valence-electron chi connectivity index (χ4n) is 3.56. The van der Waals surface area contributed by atoms with Crippen LogP contribution >= 0.6 is 0 Å². The first-order valence-electron chi connectivity index (χ1n) is 9.45. The molecule has 2 aliphatic heterocycles. The molecule has 0 saturated carbocycles. The lowest BCUT2D eigenvalue weighted by molar-refractivity contribution is -0.137. The van der Waals surface area contributed by atoms with Crippen molar-refractivity contribution in [2.24, 2.45) is 5.92 Å². The van der Waals surface area contributed by atoms with Crippen molar-refractivity contribution in [1.82, 2.24) is 15.5 Å². The van der Waals surface area contributed by atoms with Gasteiger partial charge >= 0.3 is 0 Å². The molecule has 2 aliphatic rings. The van der Waals surface area contributed by atoms with E-state index in [1.54, 1.807) is 0 Å². The van der Waals surface area contributed by atoms with Gasteiger partial charge in [0.25, 0.3) is 0 Å². The largest absolute Gasteiger partial charge is 0.381 e. The van der Waals surface area contributed by atoms with Crippen LogP contribution in [0.15, 0.2) is 18.2 Å². The van der Waals surface area contributed by atoms with Gasteiger partial charge in [-0.05, 0) is 37.0 Å². The average molecular weight is 359 g/mol. The Labute approximate surface area is 155 Å². The van der Waals surface area contributed by atoms with Gasteiger partial charge in [-0.15, -0.1) is 0 Å². The lowest BCUT2D eigenvalue weighted by Crippen LogP contribution is -2.55. The number of piperazine rings is 1. The van der Waals surface area contributed by atoms with E-state index >= 15 is 0 Å². The molecule has 26 heavy (non-hydrogen) atoms. The fourth-order valence-corrected chi connectivity index (χ4v) is 3.56. The van der Waals surface area contributed by atoms with E-state index in [9.17, 15) is 9.59 Å². The lowest BCUT2D eigenvalue weighted by Gasteiger charge is -2.34. The third-order valence-electron chi connectivity index (χ3n) is 5.34. The van der Waals surface area contributed by atoms with Crippen LogP contribution in [0, 0.1) is 19.8 Å². The molecule has 6 heteroatoms. The van der Waals surface area contributed by atoms with Crippen LogP contribution in [0.2, 0.25) is 0 Å². The van der Waals surface area contributed by atoms with Crippen LogP contribution in [-0.4, -0.2) is 55.6 Å². The monoisotopic (exact) mass is 359 g/mol. The maximum Gasteiger partial charge on any atom is 0.228 e. The number of carbonyl (C=O) groups excluding carboxylic acids is 2. The maximum absolute atomic E-state index is 12.5. The minimum atomic E-state index is -0.00708. The van der Waals surface area contributed by atoms with Crippen LogP contribution in [0.5, 0.6) is 0 Å². The molecular formula is C20H29N3O3. The molecule has 0 radical (unpaired) electrons. The molecule has 3 rings (SSSR count). The van der Waals surface area contributed by atoms with Crippen molar-refractivity contribution in [3.63, 3.8) is 0 Å². The number of nitrogens with zero attached hydrogens (tertiary/aromatic N) is 1. The predicted molar refractivity (Wildman–Crippen MR) is 99.7 cm³/mol. The molecule has 1 aromatic rings. The van der Waals surface area contributed by atoms with Gasteiger partial charge in [-0.1, -0.05) is 18.2 Å². The van der Waals surface area contributed by atoms with E-state index < -0.39 is 0 Å². The summed E-state index contributed by atoms with van der Waals surface area (Å²) >= 11 is 0. The highest BCUT2D eigenvalue weighted by atomic mass is 16.5. The lowest BCUT2D eigenvalue weighted by atomic mass is 10.0. The SMILES string of the molecule is Cc1ccc(CNC(=O)CC2CN(C(=O)C3CCOC3)CCN2)cc1C. The van der Waals surface area contributed by atoms with E-state index in [4.69, 9.17) is 4.74 Å². The van der Waals surface area contributed by atoms with Crippen molar-refractivity contribution < 1.29 is 14.3 Å². The van der Waals surface area contributed by atoms with Gasteiger partial charge in [-0.25, -0.2) is 0 Å². The molecule has 2 heterocycles. The summed E-state index contributed by atoms with van der Waals surface area (Å²) in [4.78, 5) is 26.7. The van der Waals surface area contributed by atoms with E-state index in [1.165, 1.54) is 11.1 Å². The highest BCUT2D eigenvalue weighted by Gasteiger charge is 2.31. The summed E-state index contributed by atoms with van der Waals surface area (Å²) < 4.78 is 5.32. The third-order valence-corrected chi connectivity index (χ3v) is 5.34. The van der Waals surface area contributed by atoms with Gasteiger partial charge in [-0.2, -0.15) is 0 Å². The average Bonchev–Trinajstić information content (AvgIpc) is 3.17. The third kappa shape index (κ3) is 4.83. The van der Waals surface area contributed by atoms with E-state index in [0.717, 1.165) is 18.5 Å². The molecule has 0 aromatic heterocycles. The summed E-state index contributed by atoms with van der Waals surface area (Å²) in [5.74, 6) is 0.177. The first kappa shape index (κ1) is 18.9. The molecule has 2 fully saturated rings. The quantitative estimate of drug-likeness (QED) is 0.827. The number of carbonyl (C=O) groups is 2. The second-order valence-corrected chi connectivity index (χ2v) is 7.40. The number of ether oxygens (including phenoxy) is 1. The highest BCUT2D eigenvalue weighted by Crippen LogP contribution is 2.17. The molecule has 1 aromatic carbocycles. The van der Waals surface area contributed by atoms with Crippen LogP contribution in [0.4, 0.5) is 0 Å². The van der Waals surface area contributed by atoms with E-state index in [1.807, 2.05) is 11.0 Å². The van der Waals surface area contributed by atoms with Crippen molar-refractivity contribution in [3.05, 3.63) is 34.9 Å². The first-order chi connectivity index (χ1) is 12.5. The second kappa shape index (κ2) is 8.64. The Morgan fingerprint density at radius 3 is 2.88 bits per heavy atom.